The van der Waals surface area contributed by atoms with Crippen molar-refractivity contribution in [3.8, 4) is 11.6 Å². The zero-order chi connectivity index (χ0) is 25.4. The van der Waals surface area contributed by atoms with Crippen molar-refractivity contribution in [2.45, 2.75) is 45.6 Å². The van der Waals surface area contributed by atoms with Crippen molar-refractivity contribution in [3.63, 3.8) is 0 Å². The summed E-state index contributed by atoms with van der Waals surface area (Å²) in [4.78, 5) is 29.2. The summed E-state index contributed by atoms with van der Waals surface area (Å²) in [6.45, 7) is 7.75. The minimum atomic E-state index is -0.859. The Bertz CT molecular complexity index is 1010. The van der Waals surface area contributed by atoms with Gasteiger partial charge in [0.2, 0.25) is 5.88 Å². The third-order valence-corrected chi connectivity index (χ3v) is 5.52. The van der Waals surface area contributed by atoms with Crippen molar-refractivity contribution in [2.75, 3.05) is 25.0 Å². The summed E-state index contributed by atoms with van der Waals surface area (Å²) in [6, 6.07) is 10.5. The zero-order valence-electron chi connectivity index (χ0n) is 20.2. The van der Waals surface area contributed by atoms with Gasteiger partial charge in [0.15, 0.2) is 5.11 Å². The Balaban J connectivity index is 1.39. The van der Waals surface area contributed by atoms with Crippen LogP contribution in [0.3, 0.4) is 0 Å². The Morgan fingerprint density at radius 1 is 1.14 bits per heavy atom. The number of thiocarbonyl (C=S) groups is 1. The van der Waals surface area contributed by atoms with Crippen LogP contribution in [0.25, 0.3) is 0 Å². The lowest BCUT2D eigenvalue weighted by Crippen LogP contribution is -2.42. The highest BCUT2D eigenvalue weighted by Crippen LogP contribution is 2.21. The number of hydrogen-bond acceptors (Lipinski definition) is 6. The van der Waals surface area contributed by atoms with Crippen molar-refractivity contribution < 1.29 is 24.2 Å². The van der Waals surface area contributed by atoms with Crippen LogP contribution in [-0.4, -0.2) is 57.4 Å². The van der Waals surface area contributed by atoms with Crippen molar-refractivity contribution in [2.24, 2.45) is 5.92 Å². The number of aromatic nitrogens is 1. The van der Waals surface area contributed by atoms with Crippen LogP contribution in [0.2, 0.25) is 0 Å². The van der Waals surface area contributed by atoms with E-state index in [0.29, 0.717) is 42.2 Å². The molecule has 9 nitrogen and oxygen atoms in total. The molecule has 0 bridgehead atoms. The summed E-state index contributed by atoms with van der Waals surface area (Å²) in [5.74, 6) is 0.404. The maximum absolute atomic E-state index is 12.5. The summed E-state index contributed by atoms with van der Waals surface area (Å²) < 4.78 is 11.3. The summed E-state index contributed by atoms with van der Waals surface area (Å²) in [5.41, 5.74) is 1.28. The van der Waals surface area contributed by atoms with Gasteiger partial charge in [0.05, 0.1) is 24.9 Å². The molecule has 0 aliphatic carbocycles. The number of anilines is 1. The lowest BCUT2D eigenvalue weighted by molar-refractivity contribution is -0.136. The predicted octanol–water partition coefficient (Wildman–Crippen LogP) is 4.08. The van der Waals surface area contributed by atoms with Crippen LogP contribution in [-0.2, 0) is 11.2 Å². The number of carbonyl (C=O) groups is 2. The molecule has 1 aromatic carbocycles. The third-order valence-electron chi connectivity index (χ3n) is 5.31. The fraction of sp³-hybridized carbons (Fsp3) is 0.440. The predicted molar refractivity (Wildman–Crippen MR) is 137 cm³/mol. The molecular weight excluding hydrogens is 468 g/mol. The Morgan fingerprint density at radius 2 is 1.83 bits per heavy atom. The second-order valence-electron chi connectivity index (χ2n) is 9.54. The molecule has 2 aromatic rings. The minimum Gasteiger partial charge on any atom is -0.493 e. The summed E-state index contributed by atoms with van der Waals surface area (Å²) in [7, 11) is 0. The number of rotatable bonds is 7. The van der Waals surface area contributed by atoms with E-state index in [-0.39, 0.29) is 17.8 Å². The van der Waals surface area contributed by atoms with E-state index in [4.69, 9.17) is 26.8 Å². The lowest BCUT2D eigenvalue weighted by atomic mass is 9.98. The summed E-state index contributed by atoms with van der Waals surface area (Å²) in [5, 5.41) is 15.5. The van der Waals surface area contributed by atoms with Gasteiger partial charge in [0.25, 0.3) is 0 Å². The number of pyridine rings is 1. The molecular formula is C25H32N4O5S. The van der Waals surface area contributed by atoms with E-state index in [0.717, 1.165) is 18.4 Å². The van der Waals surface area contributed by atoms with Gasteiger partial charge in [-0.3, -0.25) is 4.79 Å². The SMILES string of the molecule is CC(C)(C)NC(=S)Nc1ccc(OC(=O)N2CCC(COc3ccc(CC(=O)O)cc3)CC2)nc1. The molecule has 0 unspecified atom stereocenters. The number of benzene rings is 1. The van der Waals surface area contributed by atoms with E-state index in [9.17, 15) is 9.59 Å². The topological polar surface area (TPSA) is 113 Å². The molecule has 3 rings (SSSR count). The van der Waals surface area contributed by atoms with Gasteiger partial charge in [-0.05, 0) is 75.5 Å². The highest BCUT2D eigenvalue weighted by molar-refractivity contribution is 7.80. The fourth-order valence-corrected chi connectivity index (χ4v) is 3.97. The number of nitrogens with zero attached hydrogens (tertiary/aromatic N) is 2. The van der Waals surface area contributed by atoms with Gasteiger partial charge in [-0.1, -0.05) is 12.1 Å². The number of amides is 1. The van der Waals surface area contributed by atoms with Crippen LogP contribution >= 0.6 is 12.2 Å². The van der Waals surface area contributed by atoms with Crippen molar-refractivity contribution in [3.05, 3.63) is 48.2 Å². The molecule has 1 saturated heterocycles. The fourth-order valence-electron chi connectivity index (χ4n) is 3.55. The van der Waals surface area contributed by atoms with Crippen LogP contribution in [0.15, 0.2) is 42.6 Å². The van der Waals surface area contributed by atoms with Crippen LogP contribution in [0, 0.1) is 5.92 Å². The maximum Gasteiger partial charge on any atom is 0.416 e. The molecule has 1 fully saturated rings. The summed E-state index contributed by atoms with van der Waals surface area (Å²) >= 11 is 5.28. The van der Waals surface area contributed by atoms with E-state index in [1.165, 1.54) is 0 Å². The number of carboxylic acids is 1. The van der Waals surface area contributed by atoms with Gasteiger partial charge in [-0.15, -0.1) is 0 Å². The first-order chi connectivity index (χ1) is 16.6. The van der Waals surface area contributed by atoms with Gasteiger partial charge in [-0.25, -0.2) is 9.78 Å². The van der Waals surface area contributed by atoms with Gasteiger partial charge in [0, 0.05) is 24.7 Å². The smallest absolute Gasteiger partial charge is 0.416 e. The average molecular weight is 501 g/mol. The molecule has 3 N–H and O–H groups in total. The molecule has 10 heteroatoms. The number of likely N-dealkylation sites (tertiary alicyclic amines) is 1. The van der Waals surface area contributed by atoms with Crippen molar-refractivity contribution >= 4 is 35.1 Å². The molecule has 35 heavy (non-hydrogen) atoms. The molecule has 2 heterocycles. The van der Waals surface area contributed by atoms with Gasteiger partial charge >= 0.3 is 12.1 Å². The van der Waals surface area contributed by atoms with Crippen LogP contribution in [0.1, 0.15) is 39.2 Å². The Kier molecular flexibility index (Phi) is 8.86. The summed E-state index contributed by atoms with van der Waals surface area (Å²) in [6.07, 6.45) is 2.75. The first kappa shape index (κ1) is 26.2. The minimum absolute atomic E-state index is 0.00556. The first-order valence-corrected chi connectivity index (χ1v) is 11.9. The van der Waals surface area contributed by atoms with E-state index in [1.807, 2.05) is 20.8 Å². The Labute approximate surface area is 210 Å². The molecule has 0 saturated carbocycles. The lowest BCUT2D eigenvalue weighted by Gasteiger charge is -2.31. The highest BCUT2D eigenvalue weighted by atomic mass is 32.1. The molecule has 188 valence electrons. The van der Waals surface area contributed by atoms with Crippen LogP contribution in [0.5, 0.6) is 11.6 Å². The molecule has 1 aromatic heterocycles. The van der Waals surface area contributed by atoms with E-state index in [2.05, 4.69) is 15.6 Å². The van der Waals surface area contributed by atoms with E-state index >= 15 is 0 Å². The first-order valence-electron chi connectivity index (χ1n) is 11.5. The molecule has 0 atom stereocenters. The van der Waals surface area contributed by atoms with Gasteiger partial charge in [0.1, 0.15) is 5.75 Å². The van der Waals surface area contributed by atoms with E-state index in [1.54, 1.807) is 47.5 Å². The largest absolute Gasteiger partial charge is 0.493 e. The number of nitrogens with one attached hydrogen (secondary N) is 2. The quantitative estimate of drug-likeness (QED) is 0.484. The normalized spacial score (nSPS) is 14.2. The Hall–Kier alpha value is -3.40. The number of hydrogen-bond donors (Lipinski definition) is 3. The number of ether oxygens (including phenoxy) is 2. The second kappa shape index (κ2) is 11.8. The van der Waals surface area contributed by atoms with Gasteiger partial charge in [-0.2, -0.15) is 0 Å². The number of carboxylic acid groups (broad SMARTS) is 1. The highest BCUT2D eigenvalue weighted by Gasteiger charge is 2.25. The molecule has 1 aliphatic heterocycles. The second-order valence-corrected chi connectivity index (χ2v) is 9.95. The maximum atomic E-state index is 12.5. The van der Waals surface area contributed by atoms with Gasteiger partial charge < -0.3 is 30.1 Å². The monoisotopic (exact) mass is 500 g/mol. The van der Waals surface area contributed by atoms with Crippen molar-refractivity contribution in [1.82, 2.24) is 15.2 Å². The number of piperidine rings is 1. The molecule has 0 radical (unpaired) electrons. The number of carbonyl (C=O) groups excluding carboxylic acids is 1. The van der Waals surface area contributed by atoms with Crippen LogP contribution < -0.4 is 20.1 Å². The standard InChI is InChI=1S/C25H32N4O5S/c1-25(2,3)28-23(35)27-19-6-9-21(26-15-19)34-24(32)29-12-10-18(11-13-29)16-33-20-7-4-17(5-8-20)14-22(30)31/h4-9,15,18H,10-14,16H2,1-3H3,(H,30,31)(H2,27,28,35). The molecule has 0 spiro atoms. The van der Waals surface area contributed by atoms with Crippen molar-refractivity contribution in [1.29, 1.82) is 0 Å². The third kappa shape index (κ3) is 9.05. The molecule has 1 amide bonds. The number of aliphatic carboxylic acids is 1. The average Bonchev–Trinajstić information content (AvgIpc) is 2.78. The molecule has 1 aliphatic rings. The zero-order valence-corrected chi connectivity index (χ0v) is 21.1. The Morgan fingerprint density at radius 3 is 2.40 bits per heavy atom. The van der Waals surface area contributed by atoms with Crippen LogP contribution in [0.4, 0.5) is 10.5 Å². The van der Waals surface area contributed by atoms with E-state index < -0.39 is 12.1 Å².